The summed E-state index contributed by atoms with van der Waals surface area (Å²) >= 11 is 0. The number of carbonyl (C=O) groups excluding carboxylic acids is 5. The number of likely N-dealkylation sites (N-methyl/N-ethyl adjacent to an activating group) is 1. The molecule has 2 atom stereocenters. The van der Waals surface area contributed by atoms with Gasteiger partial charge in [-0.25, -0.2) is 9.59 Å². The topological polar surface area (TPSA) is 184 Å². The Morgan fingerprint density at radius 1 is 0.881 bits per heavy atom. The van der Waals surface area contributed by atoms with Crippen LogP contribution in [-0.2, 0) is 25.7 Å². The molecule has 1 aliphatic carbocycles. The smallest absolute Gasteiger partial charge is 0.407 e. The van der Waals surface area contributed by atoms with E-state index in [0.717, 1.165) is 22.3 Å². The summed E-state index contributed by atoms with van der Waals surface area (Å²) in [5.41, 5.74) is 5.34. The molecule has 0 saturated heterocycles. The number of carbonyl (C=O) groups is 6. The van der Waals surface area contributed by atoms with Crippen molar-refractivity contribution in [2.24, 2.45) is 0 Å². The molecule has 0 saturated carbocycles. The number of amides is 4. The third-order valence-electron chi connectivity index (χ3n) is 11.0. The van der Waals surface area contributed by atoms with Crippen molar-refractivity contribution in [3.63, 3.8) is 0 Å². The molecule has 5 aromatic rings. The summed E-state index contributed by atoms with van der Waals surface area (Å²) in [6, 6.07) is 27.0. The number of methoxy groups -OCH3 is 1. The standard InChI is InChI=1S/C45H43N5O9/c1-26(46-2)42(53)48-37-23-49(41(52)20-21-47-45(57)59-25-36-29-12-6-4-10-27(29)28-11-5-7-13-30(28)36)38-14-8-9-15-39(38)50(43(37)54)22-34-31-16-17-33(44(55)56)35(24-51)32(31)18-19-40(34)58-3/h4-19,24,26,36-37,46H,20-23,25H2,1-3H3,(H,47,57)(H,48,53)(H,55,56)/t26-,37-/m0/s1. The summed E-state index contributed by atoms with van der Waals surface area (Å²) in [6.07, 6.45) is -0.354. The van der Waals surface area contributed by atoms with E-state index in [4.69, 9.17) is 9.47 Å². The first kappa shape index (κ1) is 40.1. The van der Waals surface area contributed by atoms with Gasteiger partial charge in [0.15, 0.2) is 6.29 Å². The van der Waals surface area contributed by atoms with Gasteiger partial charge in [0.2, 0.25) is 11.8 Å². The number of nitrogens with one attached hydrogen (secondary N) is 3. The Labute approximate surface area is 340 Å². The third kappa shape index (κ3) is 7.82. The summed E-state index contributed by atoms with van der Waals surface area (Å²) in [4.78, 5) is 82.1. The molecule has 59 heavy (non-hydrogen) atoms. The number of nitrogens with zero attached hydrogens (tertiary/aromatic N) is 2. The van der Waals surface area contributed by atoms with Crippen LogP contribution in [0.4, 0.5) is 16.2 Å². The van der Waals surface area contributed by atoms with Crippen LogP contribution in [0.3, 0.4) is 0 Å². The maximum atomic E-state index is 14.7. The molecular weight excluding hydrogens is 755 g/mol. The van der Waals surface area contributed by atoms with E-state index in [-0.39, 0.29) is 49.7 Å². The summed E-state index contributed by atoms with van der Waals surface area (Å²) in [6.45, 7) is 1.32. The van der Waals surface area contributed by atoms with E-state index < -0.39 is 41.9 Å². The van der Waals surface area contributed by atoms with Crippen LogP contribution in [0, 0.1) is 0 Å². The highest BCUT2D eigenvalue weighted by molar-refractivity contribution is 6.11. The summed E-state index contributed by atoms with van der Waals surface area (Å²) < 4.78 is 11.4. The number of rotatable bonds is 13. The van der Waals surface area contributed by atoms with Gasteiger partial charge in [0.05, 0.1) is 43.2 Å². The molecule has 302 valence electrons. The lowest BCUT2D eigenvalue weighted by molar-refractivity contribution is -0.128. The first-order valence-corrected chi connectivity index (χ1v) is 19.1. The van der Waals surface area contributed by atoms with E-state index in [9.17, 15) is 33.9 Å². The fourth-order valence-electron chi connectivity index (χ4n) is 7.87. The Morgan fingerprint density at radius 3 is 2.17 bits per heavy atom. The normalized spacial score (nSPS) is 15.0. The van der Waals surface area contributed by atoms with Crippen LogP contribution in [0.15, 0.2) is 97.1 Å². The monoisotopic (exact) mass is 797 g/mol. The maximum Gasteiger partial charge on any atom is 0.407 e. The lowest BCUT2D eigenvalue weighted by Crippen LogP contribution is -2.55. The Morgan fingerprint density at radius 2 is 1.53 bits per heavy atom. The number of aromatic carboxylic acids is 1. The zero-order valence-electron chi connectivity index (χ0n) is 32.7. The fourth-order valence-corrected chi connectivity index (χ4v) is 7.87. The van der Waals surface area contributed by atoms with Crippen LogP contribution in [0.5, 0.6) is 5.75 Å². The molecule has 2 aliphatic rings. The first-order chi connectivity index (χ1) is 28.6. The van der Waals surface area contributed by atoms with Gasteiger partial charge in [0.1, 0.15) is 18.4 Å². The van der Waals surface area contributed by atoms with Crippen molar-refractivity contribution in [2.45, 2.75) is 37.9 Å². The molecule has 4 N–H and O–H groups in total. The largest absolute Gasteiger partial charge is 0.496 e. The molecule has 0 radical (unpaired) electrons. The van der Waals surface area contributed by atoms with Crippen LogP contribution in [-0.4, -0.2) is 87.1 Å². The van der Waals surface area contributed by atoms with Crippen molar-refractivity contribution in [2.75, 3.05) is 43.7 Å². The Bertz CT molecular complexity index is 2440. The van der Waals surface area contributed by atoms with Crippen LogP contribution >= 0.6 is 0 Å². The van der Waals surface area contributed by atoms with Crippen molar-refractivity contribution >= 4 is 58.2 Å². The van der Waals surface area contributed by atoms with Gasteiger partial charge in [-0.15, -0.1) is 0 Å². The molecule has 14 heteroatoms. The SMILES string of the molecule is CN[C@@H](C)C(=O)N[C@H]1CN(C(=O)CCNC(=O)OCC2c3ccccc3-c3ccccc32)c2ccccc2N(Cc2c(OC)ccc3c(C=O)c(C(=O)O)ccc23)C1=O. The summed E-state index contributed by atoms with van der Waals surface area (Å²) in [7, 11) is 3.06. The number of aldehydes is 1. The number of hydrogen-bond acceptors (Lipinski definition) is 9. The van der Waals surface area contributed by atoms with Gasteiger partial charge in [-0.1, -0.05) is 66.7 Å². The number of carboxylic acid groups (broad SMARTS) is 1. The van der Waals surface area contributed by atoms with Crippen molar-refractivity contribution in [3.05, 3.63) is 125 Å². The Kier molecular flexibility index (Phi) is 11.7. The number of alkyl carbamates (subject to hydrolysis) is 1. The second-order valence-electron chi connectivity index (χ2n) is 14.3. The quantitative estimate of drug-likeness (QED) is 0.115. The predicted octanol–water partition coefficient (Wildman–Crippen LogP) is 5.26. The molecule has 0 spiro atoms. The van der Waals surface area contributed by atoms with Gasteiger partial charge in [0.25, 0.3) is 5.91 Å². The molecule has 0 bridgehead atoms. The van der Waals surface area contributed by atoms with Crippen LogP contribution < -0.4 is 30.5 Å². The van der Waals surface area contributed by atoms with E-state index in [0.29, 0.717) is 39.7 Å². The lowest BCUT2D eigenvalue weighted by atomic mass is 9.95. The number of fused-ring (bicyclic) bond motifs is 5. The Balaban J connectivity index is 1.14. The van der Waals surface area contributed by atoms with E-state index in [1.165, 1.54) is 23.0 Å². The molecular formula is C45H43N5O9. The molecule has 7 rings (SSSR count). The zero-order valence-corrected chi connectivity index (χ0v) is 32.7. The highest BCUT2D eigenvalue weighted by Crippen LogP contribution is 2.44. The van der Waals surface area contributed by atoms with Gasteiger partial charge < -0.3 is 40.3 Å². The number of hydrogen-bond donors (Lipinski definition) is 4. The molecule has 0 fully saturated rings. The van der Waals surface area contributed by atoms with Crippen molar-refractivity contribution < 1.29 is 43.3 Å². The molecule has 5 aromatic carbocycles. The van der Waals surface area contributed by atoms with Crippen molar-refractivity contribution in [1.82, 2.24) is 16.0 Å². The minimum Gasteiger partial charge on any atom is -0.496 e. The van der Waals surface area contributed by atoms with Crippen LogP contribution in [0.1, 0.15) is 56.7 Å². The van der Waals surface area contributed by atoms with E-state index in [1.54, 1.807) is 56.4 Å². The number of benzene rings is 5. The van der Waals surface area contributed by atoms with E-state index in [2.05, 4.69) is 16.0 Å². The van der Waals surface area contributed by atoms with Gasteiger partial charge in [0, 0.05) is 30.0 Å². The van der Waals surface area contributed by atoms with Gasteiger partial charge in [-0.3, -0.25) is 19.2 Å². The second kappa shape index (κ2) is 17.2. The maximum absolute atomic E-state index is 14.7. The minimum absolute atomic E-state index is 0.0313. The van der Waals surface area contributed by atoms with Gasteiger partial charge >= 0.3 is 12.1 Å². The Hall–Kier alpha value is -7.06. The zero-order chi connectivity index (χ0) is 41.8. The third-order valence-corrected chi connectivity index (χ3v) is 11.0. The number of anilines is 2. The van der Waals surface area contributed by atoms with Crippen molar-refractivity contribution in [1.29, 1.82) is 0 Å². The van der Waals surface area contributed by atoms with Crippen molar-refractivity contribution in [3.8, 4) is 16.9 Å². The highest BCUT2D eigenvalue weighted by atomic mass is 16.5. The first-order valence-electron chi connectivity index (χ1n) is 19.1. The summed E-state index contributed by atoms with van der Waals surface area (Å²) in [5.74, 6) is -2.46. The van der Waals surface area contributed by atoms with Crippen LogP contribution in [0.2, 0.25) is 0 Å². The molecule has 1 aliphatic heterocycles. The fraction of sp³-hybridized carbons (Fsp3) is 0.244. The molecule has 0 aromatic heterocycles. The summed E-state index contributed by atoms with van der Waals surface area (Å²) in [5, 5.41) is 19.0. The average molecular weight is 798 g/mol. The lowest BCUT2D eigenvalue weighted by Gasteiger charge is -2.27. The second-order valence-corrected chi connectivity index (χ2v) is 14.3. The molecule has 4 amide bonds. The minimum atomic E-state index is -1.27. The van der Waals surface area contributed by atoms with E-state index in [1.807, 2.05) is 48.5 Å². The number of carboxylic acids is 1. The highest BCUT2D eigenvalue weighted by Gasteiger charge is 2.38. The predicted molar refractivity (Wildman–Crippen MR) is 221 cm³/mol. The van der Waals surface area contributed by atoms with E-state index >= 15 is 0 Å². The average Bonchev–Trinajstić information content (AvgIpc) is 3.52. The molecule has 14 nitrogen and oxygen atoms in total. The molecule has 1 heterocycles. The van der Waals surface area contributed by atoms with Crippen LogP contribution in [0.25, 0.3) is 21.9 Å². The van der Waals surface area contributed by atoms with Gasteiger partial charge in [-0.05, 0) is 77.3 Å². The number of ether oxygens (including phenoxy) is 2. The number of para-hydroxylation sites is 2. The van der Waals surface area contributed by atoms with Gasteiger partial charge in [-0.2, -0.15) is 0 Å². The molecule has 0 unspecified atom stereocenters.